The highest BCUT2D eigenvalue weighted by Crippen LogP contribution is 2.44. The lowest BCUT2D eigenvalue weighted by Gasteiger charge is -2.15. The molecule has 0 saturated heterocycles. The average molecular weight is 260 g/mol. The predicted molar refractivity (Wildman–Crippen MR) is 82.3 cm³/mol. The van der Waals surface area contributed by atoms with E-state index in [0.29, 0.717) is 5.41 Å². The molecule has 106 valence electrons. The Bertz CT molecular complexity index is 377. The molecule has 2 nitrogen and oxygen atoms in total. The second-order valence-electron chi connectivity index (χ2n) is 6.55. The summed E-state index contributed by atoms with van der Waals surface area (Å²) in [5.41, 5.74) is 3.40. The molecule has 0 amide bonds. The predicted octanol–water partition coefficient (Wildman–Crippen LogP) is 2.97. The molecule has 1 aliphatic rings. The Morgan fingerprint density at radius 3 is 2.21 bits per heavy atom. The third-order valence-corrected chi connectivity index (χ3v) is 4.00. The van der Waals surface area contributed by atoms with Gasteiger partial charge >= 0.3 is 0 Å². The minimum absolute atomic E-state index is 0.548. The smallest absolute Gasteiger partial charge is 0.0205 e. The van der Waals surface area contributed by atoms with E-state index in [9.17, 15) is 0 Å². The number of hydrogen-bond acceptors (Lipinski definition) is 2. The fraction of sp³-hybridized carbons (Fsp3) is 0.647. The summed E-state index contributed by atoms with van der Waals surface area (Å²) in [4.78, 5) is 0. The van der Waals surface area contributed by atoms with Gasteiger partial charge in [-0.15, -0.1) is 0 Å². The van der Waals surface area contributed by atoms with Gasteiger partial charge in [0.1, 0.15) is 0 Å². The molecule has 2 heteroatoms. The van der Waals surface area contributed by atoms with Gasteiger partial charge in [0.2, 0.25) is 0 Å². The van der Waals surface area contributed by atoms with Gasteiger partial charge in [-0.3, -0.25) is 0 Å². The van der Waals surface area contributed by atoms with Gasteiger partial charge in [0.15, 0.2) is 0 Å². The standard InChI is InChI=1S/C17H28N2/c1-14(2)10-15-4-6-16(7-5-15)11-19-13-17(8-9-17)12-18-3/h4-7,14,18-19H,8-13H2,1-3H3. The molecule has 0 atom stereocenters. The van der Waals surface area contributed by atoms with Crippen LogP contribution < -0.4 is 10.6 Å². The molecule has 1 aromatic rings. The van der Waals surface area contributed by atoms with Crippen LogP contribution in [0.4, 0.5) is 0 Å². The van der Waals surface area contributed by atoms with Crippen molar-refractivity contribution in [1.29, 1.82) is 0 Å². The highest BCUT2D eigenvalue weighted by molar-refractivity contribution is 5.22. The molecule has 0 aromatic heterocycles. The Balaban J connectivity index is 1.74. The Kier molecular flexibility index (Phi) is 5.00. The molecule has 0 bridgehead atoms. The van der Waals surface area contributed by atoms with Crippen LogP contribution in [0, 0.1) is 11.3 Å². The van der Waals surface area contributed by atoms with Crippen LogP contribution in [0.15, 0.2) is 24.3 Å². The van der Waals surface area contributed by atoms with Crippen LogP contribution in [0.25, 0.3) is 0 Å². The van der Waals surface area contributed by atoms with E-state index in [2.05, 4.69) is 48.7 Å². The van der Waals surface area contributed by atoms with Gasteiger partial charge in [-0.05, 0) is 48.8 Å². The van der Waals surface area contributed by atoms with Crippen molar-refractivity contribution >= 4 is 0 Å². The second-order valence-corrected chi connectivity index (χ2v) is 6.55. The summed E-state index contributed by atoms with van der Waals surface area (Å²) in [5, 5.41) is 6.91. The molecular formula is C17H28N2. The van der Waals surface area contributed by atoms with Crippen molar-refractivity contribution < 1.29 is 0 Å². The Hall–Kier alpha value is -0.860. The van der Waals surface area contributed by atoms with Crippen LogP contribution in [-0.4, -0.2) is 20.1 Å². The normalized spacial score (nSPS) is 16.8. The molecule has 0 unspecified atom stereocenters. The lowest BCUT2D eigenvalue weighted by molar-refractivity contribution is 0.438. The summed E-state index contributed by atoms with van der Waals surface area (Å²) >= 11 is 0. The van der Waals surface area contributed by atoms with Gasteiger partial charge in [-0.1, -0.05) is 38.1 Å². The van der Waals surface area contributed by atoms with Crippen molar-refractivity contribution in [2.75, 3.05) is 20.1 Å². The molecule has 1 fully saturated rings. The summed E-state index contributed by atoms with van der Waals surface area (Å²) in [6.07, 6.45) is 3.92. The van der Waals surface area contributed by atoms with E-state index >= 15 is 0 Å². The topological polar surface area (TPSA) is 24.1 Å². The lowest BCUT2D eigenvalue weighted by Crippen LogP contribution is -2.31. The van der Waals surface area contributed by atoms with Crippen LogP contribution in [-0.2, 0) is 13.0 Å². The Morgan fingerprint density at radius 1 is 1.05 bits per heavy atom. The number of rotatable bonds is 8. The Labute approximate surface area is 118 Å². The zero-order valence-corrected chi connectivity index (χ0v) is 12.6. The van der Waals surface area contributed by atoms with E-state index in [1.54, 1.807) is 0 Å². The molecule has 19 heavy (non-hydrogen) atoms. The van der Waals surface area contributed by atoms with Crippen LogP contribution in [0.5, 0.6) is 0 Å². The first-order valence-electron chi connectivity index (χ1n) is 7.57. The second kappa shape index (κ2) is 6.53. The quantitative estimate of drug-likeness (QED) is 0.751. The van der Waals surface area contributed by atoms with Crippen molar-refractivity contribution in [3.63, 3.8) is 0 Å². The minimum atomic E-state index is 0.548. The molecule has 1 aromatic carbocycles. The van der Waals surface area contributed by atoms with Crippen molar-refractivity contribution in [2.45, 2.75) is 39.7 Å². The third-order valence-electron chi connectivity index (χ3n) is 4.00. The van der Waals surface area contributed by atoms with E-state index in [1.807, 2.05) is 7.05 Å². The summed E-state index contributed by atoms with van der Waals surface area (Å²) in [7, 11) is 2.05. The maximum atomic E-state index is 3.61. The van der Waals surface area contributed by atoms with Crippen molar-refractivity contribution in [2.24, 2.45) is 11.3 Å². The zero-order chi connectivity index (χ0) is 13.7. The number of nitrogens with one attached hydrogen (secondary N) is 2. The van der Waals surface area contributed by atoms with E-state index < -0.39 is 0 Å². The first kappa shape index (κ1) is 14.5. The van der Waals surface area contributed by atoms with Crippen LogP contribution in [0.1, 0.15) is 37.8 Å². The largest absolute Gasteiger partial charge is 0.319 e. The summed E-state index contributed by atoms with van der Waals surface area (Å²) in [5.74, 6) is 0.736. The fourth-order valence-corrected chi connectivity index (χ4v) is 2.70. The molecule has 2 N–H and O–H groups in total. The maximum absolute atomic E-state index is 3.61. The Morgan fingerprint density at radius 2 is 1.68 bits per heavy atom. The highest BCUT2D eigenvalue weighted by atomic mass is 14.9. The third kappa shape index (κ3) is 4.63. The van der Waals surface area contributed by atoms with E-state index in [4.69, 9.17) is 0 Å². The molecule has 0 heterocycles. The first-order chi connectivity index (χ1) is 9.13. The van der Waals surface area contributed by atoms with Gasteiger partial charge in [0.05, 0.1) is 0 Å². The van der Waals surface area contributed by atoms with Crippen molar-refractivity contribution in [3.8, 4) is 0 Å². The fourth-order valence-electron chi connectivity index (χ4n) is 2.70. The van der Waals surface area contributed by atoms with Crippen LogP contribution >= 0.6 is 0 Å². The zero-order valence-electron chi connectivity index (χ0n) is 12.6. The van der Waals surface area contributed by atoms with Gasteiger partial charge < -0.3 is 10.6 Å². The molecule has 0 radical (unpaired) electrons. The number of benzene rings is 1. The summed E-state index contributed by atoms with van der Waals surface area (Å²) in [6.45, 7) is 7.82. The summed E-state index contributed by atoms with van der Waals surface area (Å²) < 4.78 is 0. The summed E-state index contributed by atoms with van der Waals surface area (Å²) in [6, 6.07) is 9.08. The van der Waals surface area contributed by atoms with Gasteiger partial charge in [0.25, 0.3) is 0 Å². The van der Waals surface area contributed by atoms with Gasteiger partial charge in [-0.25, -0.2) is 0 Å². The van der Waals surface area contributed by atoms with E-state index in [0.717, 1.165) is 25.6 Å². The molecule has 2 rings (SSSR count). The lowest BCUT2D eigenvalue weighted by atomic mass is 10.0. The van der Waals surface area contributed by atoms with Crippen molar-refractivity contribution in [3.05, 3.63) is 35.4 Å². The SMILES string of the molecule is CNCC1(CNCc2ccc(CC(C)C)cc2)CC1. The monoisotopic (exact) mass is 260 g/mol. The maximum Gasteiger partial charge on any atom is 0.0205 e. The molecular weight excluding hydrogens is 232 g/mol. The average Bonchev–Trinajstić information content (AvgIpc) is 3.11. The first-order valence-corrected chi connectivity index (χ1v) is 7.57. The van der Waals surface area contributed by atoms with Crippen LogP contribution in [0.3, 0.4) is 0 Å². The molecule has 0 spiro atoms. The molecule has 1 aliphatic carbocycles. The van der Waals surface area contributed by atoms with Crippen molar-refractivity contribution in [1.82, 2.24) is 10.6 Å². The van der Waals surface area contributed by atoms with Gasteiger partial charge in [-0.2, -0.15) is 0 Å². The highest BCUT2D eigenvalue weighted by Gasteiger charge is 2.41. The molecule has 0 aliphatic heterocycles. The van der Waals surface area contributed by atoms with E-state index in [-0.39, 0.29) is 0 Å². The van der Waals surface area contributed by atoms with Crippen LogP contribution in [0.2, 0.25) is 0 Å². The number of hydrogen-bond donors (Lipinski definition) is 2. The van der Waals surface area contributed by atoms with Gasteiger partial charge in [0, 0.05) is 19.6 Å². The minimum Gasteiger partial charge on any atom is -0.319 e. The molecule has 1 saturated carbocycles. The van der Waals surface area contributed by atoms with E-state index in [1.165, 1.54) is 30.4 Å².